The van der Waals surface area contributed by atoms with E-state index >= 15 is 0 Å². The van der Waals surface area contributed by atoms with Crippen LogP contribution >= 0.6 is 12.2 Å². The number of nitrogens with zero attached hydrogens (tertiary/aromatic N) is 2. The second kappa shape index (κ2) is 2.28. The lowest BCUT2D eigenvalue weighted by atomic mass is 10.4. The van der Waals surface area contributed by atoms with Gasteiger partial charge in [-0.2, -0.15) is 4.98 Å². The third-order valence-electron chi connectivity index (χ3n) is 1.56. The molecule has 0 atom stereocenters. The number of H-pyrrole nitrogens is 2. The maximum absolute atomic E-state index is 11.1. The molecule has 2 heterocycles. The minimum absolute atomic E-state index is 0.142. The van der Waals surface area contributed by atoms with Crippen LogP contribution in [0.1, 0.15) is 5.56 Å². The van der Waals surface area contributed by atoms with Gasteiger partial charge in [0.25, 0.3) is 5.56 Å². The molecule has 12 heavy (non-hydrogen) atoms. The molecule has 0 aliphatic heterocycles. The van der Waals surface area contributed by atoms with Crippen LogP contribution in [0.25, 0.3) is 5.78 Å². The Morgan fingerprint density at radius 1 is 1.67 bits per heavy atom. The lowest BCUT2D eigenvalue weighted by Gasteiger charge is -1.92. The van der Waals surface area contributed by atoms with Gasteiger partial charge in [0.05, 0.1) is 0 Å². The van der Waals surface area contributed by atoms with E-state index in [2.05, 4.69) is 15.1 Å². The number of aromatic amines is 2. The number of aryl methyl sites for hydroxylation is 1. The number of hydrogen-bond donors (Lipinski definition) is 2. The Bertz CT molecular complexity index is 534. The molecule has 0 fully saturated rings. The van der Waals surface area contributed by atoms with Crippen molar-refractivity contribution in [3.8, 4) is 0 Å². The molecule has 0 spiro atoms. The van der Waals surface area contributed by atoms with Crippen LogP contribution < -0.4 is 5.56 Å². The number of nitrogens with one attached hydrogen (secondary N) is 2. The maximum atomic E-state index is 11.1. The van der Waals surface area contributed by atoms with Crippen molar-refractivity contribution in [2.45, 2.75) is 6.92 Å². The average Bonchev–Trinajstić information content (AvgIpc) is 2.30. The summed E-state index contributed by atoms with van der Waals surface area (Å²) in [5.74, 6) is 0.440. The smallest absolute Gasteiger partial charge is 0.255 e. The van der Waals surface area contributed by atoms with Crippen LogP contribution in [0.15, 0.2) is 11.0 Å². The third-order valence-corrected chi connectivity index (χ3v) is 1.74. The van der Waals surface area contributed by atoms with E-state index in [4.69, 9.17) is 12.2 Å². The van der Waals surface area contributed by atoms with Crippen molar-refractivity contribution in [1.82, 2.24) is 19.6 Å². The van der Waals surface area contributed by atoms with E-state index in [1.807, 2.05) is 0 Å². The molecule has 0 aliphatic rings. The molecular weight excluding hydrogens is 176 g/mol. The highest BCUT2D eigenvalue weighted by Crippen LogP contribution is 1.92. The summed E-state index contributed by atoms with van der Waals surface area (Å²) in [6, 6.07) is 0. The van der Waals surface area contributed by atoms with E-state index < -0.39 is 0 Å². The van der Waals surface area contributed by atoms with Crippen LogP contribution in [-0.2, 0) is 0 Å². The maximum Gasteiger partial charge on any atom is 0.255 e. The molecule has 0 amide bonds. The van der Waals surface area contributed by atoms with Gasteiger partial charge in [0.15, 0.2) is 0 Å². The van der Waals surface area contributed by atoms with Gasteiger partial charge in [-0.05, 0) is 19.1 Å². The Labute approximate surface area is 72.1 Å². The van der Waals surface area contributed by atoms with Crippen LogP contribution in [0.4, 0.5) is 0 Å². The van der Waals surface area contributed by atoms with E-state index in [9.17, 15) is 4.79 Å². The van der Waals surface area contributed by atoms with E-state index in [1.54, 1.807) is 17.6 Å². The third kappa shape index (κ3) is 0.964. The monoisotopic (exact) mass is 182 g/mol. The van der Waals surface area contributed by atoms with Crippen LogP contribution in [0.3, 0.4) is 0 Å². The first-order valence-electron chi connectivity index (χ1n) is 3.35. The first-order valence-corrected chi connectivity index (χ1v) is 3.76. The summed E-state index contributed by atoms with van der Waals surface area (Å²) in [5, 5.41) is 2.78. The van der Waals surface area contributed by atoms with Gasteiger partial charge >= 0.3 is 0 Å². The average molecular weight is 182 g/mol. The summed E-state index contributed by atoms with van der Waals surface area (Å²) < 4.78 is 1.94. The zero-order valence-electron chi connectivity index (χ0n) is 6.29. The summed E-state index contributed by atoms with van der Waals surface area (Å²) >= 11 is 4.79. The molecule has 0 radical (unpaired) electrons. The zero-order valence-corrected chi connectivity index (χ0v) is 7.10. The van der Waals surface area contributed by atoms with Crippen molar-refractivity contribution in [3.63, 3.8) is 0 Å². The number of hydrogen-bond acceptors (Lipinski definition) is 3. The largest absolute Gasteiger partial charge is 0.291 e. The fraction of sp³-hybridized carbons (Fsp3) is 0.167. The lowest BCUT2D eigenvalue weighted by Crippen LogP contribution is -2.11. The van der Waals surface area contributed by atoms with Gasteiger partial charge in [-0.25, -0.2) is 4.52 Å². The van der Waals surface area contributed by atoms with Gasteiger partial charge < -0.3 is 0 Å². The number of rotatable bonds is 0. The minimum atomic E-state index is -0.142. The van der Waals surface area contributed by atoms with E-state index in [0.717, 1.165) is 0 Å². The van der Waals surface area contributed by atoms with Gasteiger partial charge in [-0.15, -0.1) is 0 Å². The molecule has 5 nitrogen and oxygen atoms in total. The minimum Gasteiger partial charge on any atom is -0.291 e. The summed E-state index contributed by atoms with van der Waals surface area (Å²) in [6.07, 6.45) is 1.65. The quantitative estimate of drug-likeness (QED) is 0.579. The Morgan fingerprint density at radius 3 is 3.17 bits per heavy atom. The second-order valence-corrected chi connectivity index (χ2v) is 2.88. The van der Waals surface area contributed by atoms with Gasteiger partial charge in [-0.3, -0.25) is 14.9 Å². The summed E-state index contributed by atoms with van der Waals surface area (Å²) in [6.45, 7) is 1.72. The van der Waals surface area contributed by atoms with Crippen molar-refractivity contribution < 1.29 is 0 Å². The molecule has 0 aliphatic carbocycles. The molecule has 0 aromatic carbocycles. The van der Waals surface area contributed by atoms with Crippen molar-refractivity contribution in [2.75, 3.05) is 0 Å². The molecule has 2 aromatic heterocycles. The highest BCUT2D eigenvalue weighted by Gasteiger charge is 1.98. The molecule has 2 rings (SSSR count). The SMILES string of the molecule is Cc1cn2[nH]c(=S)nc2[nH]c1=O. The molecule has 2 aromatic rings. The van der Waals surface area contributed by atoms with Crippen molar-refractivity contribution in [1.29, 1.82) is 0 Å². The zero-order chi connectivity index (χ0) is 8.72. The van der Waals surface area contributed by atoms with Crippen molar-refractivity contribution in [2.24, 2.45) is 0 Å². The lowest BCUT2D eigenvalue weighted by molar-refractivity contribution is 0.911. The molecule has 0 unspecified atom stereocenters. The van der Waals surface area contributed by atoms with Crippen molar-refractivity contribution >= 4 is 18.0 Å². The van der Waals surface area contributed by atoms with Crippen LogP contribution in [0, 0.1) is 11.7 Å². The molecular formula is C6H6N4OS. The Balaban J connectivity index is 3.01. The fourth-order valence-electron chi connectivity index (χ4n) is 0.965. The van der Waals surface area contributed by atoms with Gasteiger partial charge in [0, 0.05) is 11.8 Å². The molecule has 0 saturated heterocycles. The van der Waals surface area contributed by atoms with Crippen molar-refractivity contribution in [3.05, 3.63) is 26.9 Å². The number of fused-ring (bicyclic) bond motifs is 1. The van der Waals surface area contributed by atoms with Gasteiger partial charge in [-0.1, -0.05) is 0 Å². The van der Waals surface area contributed by atoms with Gasteiger partial charge in [0.2, 0.25) is 10.5 Å². The normalized spacial score (nSPS) is 10.8. The van der Waals surface area contributed by atoms with E-state index in [-0.39, 0.29) is 5.56 Å². The second-order valence-electron chi connectivity index (χ2n) is 2.49. The fourth-order valence-corrected chi connectivity index (χ4v) is 1.15. The predicted molar refractivity (Wildman–Crippen MR) is 45.7 cm³/mol. The highest BCUT2D eigenvalue weighted by atomic mass is 32.1. The molecule has 6 heteroatoms. The summed E-state index contributed by atoms with van der Waals surface area (Å²) in [7, 11) is 0. The highest BCUT2D eigenvalue weighted by molar-refractivity contribution is 7.71. The van der Waals surface area contributed by atoms with E-state index in [0.29, 0.717) is 16.1 Å². The molecule has 0 bridgehead atoms. The summed E-state index contributed by atoms with van der Waals surface area (Å²) in [5.41, 5.74) is 0.475. The van der Waals surface area contributed by atoms with Gasteiger partial charge in [0.1, 0.15) is 0 Å². The van der Waals surface area contributed by atoms with E-state index in [1.165, 1.54) is 0 Å². The van der Waals surface area contributed by atoms with Crippen LogP contribution in [0.5, 0.6) is 0 Å². The first-order chi connectivity index (χ1) is 5.66. The van der Waals surface area contributed by atoms with Crippen LogP contribution in [-0.4, -0.2) is 19.6 Å². The molecule has 62 valence electrons. The molecule has 0 saturated carbocycles. The summed E-state index contributed by atoms with van der Waals surface area (Å²) in [4.78, 5) is 17.5. The first kappa shape index (κ1) is 7.23. The predicted octanol–water partition coefficient (Wildman–Crippen LogP) is 0.389. The Kier molecular flexibility index (Phi) is 1.37. The van der Waals surface area contributed by atoms with Crippen LogP contribution in [0.2, 0.25) is 0 Å². The Hall–Kier alpha value is -1.43. The topological polar surface area (TPSA) is 66.0 Å². The molecule has 2 N–H and O–H groups in total. The standard InChI is InChI=1S/C6H6N4OS/c1-3-2-10-5(7-4(3)11)8-6(12)9-10/h2H,1H3,(H2,7,8,9,11,12). The Morgan fingerprint density at radius 2 is 2.42 bits per heavy atom. The number of aromatic nitrogens is 4.